The minimum atomic E-state index is -0.683. The summed E-state index contributed by atoms with van der Waals surface area (Å²) >= 11 is 7.77. The number of rotatable bonds is 11. The lowest BCUT2D eigenvalue weighted by atomic mass is 10.1. The number of hydrogen-bond acceptors (Lipinski definition) is 7. The van der Waals surface area contributed by atoms with Crippen molar-refractivity contribution in [3.63, 3.8) is 0 Å². The first-order chi connectivity index (χ1) is 16.4. The standard InChI is InChI=1S/C25H28ClN3O4S/c1-16(2)13-32-14-17(30)10-29(11-18-6-5-9-33-18)12-22-27-24(31)23-20(15-34-25(23)28-22)19-7-3-4-8-21(19)26/h3-9,15-17,30H,10-14H2,1-2H3,(H,27,28,31)/t17-/m1/s1. The van der Waals surface area contributed by atoms with Crippen LogP contribution >= 0.6 is 22.9 Å². The molecule has 0 saturated heterocycles. The first-order valence-corrected chi connectivity index (χ1v) is 12.4. The average molecular weight is 502 g/mol. The smallest absolute Gasteiger partial charge is 0.260 e. The summed E-state index contributed by atoms with van der Waals surface area (Å²) in [5.41, 5.74) is 1.37. The number of aliphatic hydroxyl groups is 1. The van der Waals surface area contributed by atoms with Crippen molar-refractivity contribution in [3.8, 4) is 11.1 Å². The van der Waals surface area contributed by atoms with E-state index in [9.17, 15) is 9.90 Å². The highest BCUT2D eigenvalue weighted by Gasteiger charge is 2.19. The van der Waals surface area contributed by atoms with E-state index in [1.54, 1.807) is 12.3 Å². The van der Waals surface area contributed by atoms with Gasteiger partial charge in [-0.3, -0.25) is 9.69 Å². The van der Waals surface area contributed by atoms with Crippen molar-refractivity contribution in [3.05, 3.63) is 75.0 Å². The Labute approximate surface area is 207 Å². The summed E-state index contributed by atoms with van der Waals surface area (Å²) in [6, 6.07) is 11.2. The van der Waals surface area contributed by atoms with Gasteiger partial charge in [0.05, 0.1) is 37.4 Å². The minimum absolute atomic E-state index is 0.213. The molecular weight excluding hydrogens is 474 g/mol. The van der Waals surface area contributed by atoms with Gasteiger partial charge in [-0.25, -0.2) is 4.98 Å². The Morgan fingerprint density at radius 3 is 2.74 bits per heavy atom. The highest BCUT2D eigenvalue weighted by Crippen LogP contribution is 2.34. The molecule has 0 aliphatic carbocycles. The molecule has 0 unspecified atom stereocenters. The molecule has 0 radical (unpaired) electrons. The largest absolute Gasteiger partial charge is 0.468 e. The molecule has 4 aromatic rings. The molecule has 4 rings (SSSR count). The molecule has 180 valence electrons. The van der Waals surface area contributed by atoms with E-state index in [1.165, 1.54) is 11.3 Å². The molecule has 3 heterocycles. The maximum Gasteiger partial charge on any atom is 0.260 e. The van der Waals surface area contributed by atoms with E-state index in [0.717, 1.165) is 16.9 Å². The van der Waals surface area contributed by atoms with Crippen LogP contribution in [0.1, 0.15) is 25.4 Å². The number of fused-ring (bicyclic) bond motifs is 1. The number of thiophene rings is 1. The molecule has 3 aromatic heterocycles. The van der Waals surface area contributed by atoms with Crippen molar-refractivity contribution in [2.24, 2.45) is 5.92 Å². The van der Waals surface area contributed by atoms with E-state index in [0.29, 0.717) is 53.2 Å². The maximum atomic E-state index is 13.1. The number of halogens is 1. The lowest BCUT2D eigenvalue weighted by molar-refractivity contribution is 0.00421. The Bertz CT molecular complexity index is 1270. The number of benzene rings is 1. The van der Waals surface area contributed by atoms with Crippen molar-refractivity contribution in [1.29, 1.82) is 0 Å². The number of aliphatic hydroxyl groups excluding tert-OH is 1. The lowest BCUT2D eigenvalue weighted by Gasteiger charge is -2.24. The zero-order valence-corrected chi connectivity index (χ0v) is 20.7. The second-order valence-electron chi connectivity index (χ2n) is 8.66. The van der Waals surface area contributed by atoms with Gasteiger partial charge in [0, 0.05) is 34.7 Å². The molecule has 0 saturated carbocycles. The van der Waals surface area contributed by atoms with Crippen LogP contribution in [0.4, 0.5) is 0 Å². The SMILES string of the molecule is CC(C)COC[C@H](O)CN(Cc1nc2scc(-c3ccccc3Cl)c2c(=O)[nH]1)Cc1ccco1. The number of ether oxygens (including phenoxy) is 1. The van der Waals surface area contributed by atoms with Crippen LogP contribution < -0.4 is 5.56 Å². The fourth-order valence-corrected chi connectivity index (χ4v) is 4.95. The number of nitrogens with one attached hydrogen (secondary N) is 1. The van der Waals surface area contributed by atoms with Crippen molar-refractivity contribution in [1.82, 2.24) is 14.9 Å². The van der Waals surface area contributed by atoms with Crippen molar-refractivity contribution in [2.45, 2.75) is 33.0 Å². The Hall–Kier alpha value is -2.49. The summed E-state index contributed by atoms with van der Waals surface area (Å²) in [5, 5.41) is 13.5. The highest BCUT2D eigenvalue weighted by atomic mass is 35.5. The molecule has 0 aliphatic rings. The van der Waals surface area contributed by atoms with Gasteiger partial charge in [-0.05, 0) is 24.1 Å². The third-order valence-electron chi connectivity index (χ3n) is 5.22. The van der Waals surface area contributed by atoms with Gasteiger partial charge in [-0.1, -0.05) is 43.6 Å². The van der Waals surface area contributed by atoms with E-state index in [2.05, 4.69) is 18.8 Å². The van der Waals surface area contributed by atoms with Crippen LogP contribution in [0.2, 0.25) is 5.02 Å². The maximum absolute atomic E-state index is 13.1. The highest BCUT2D eigenvalue weighted by molar-refractivity contribution is 7.17. The van der Waals surface area contributed by atoms with Gasteiger partial charge in [0.1, 0.15) is 16.4 Å². The first kappa shape index (κ1) is 24.6. The molecule has 0 amide bonds. The number of nitrogens with zero attached hydrogens (tertiary/aromatic N) is 2. The van der Waals surface area contributed by atoms with Gasteiger partial charge >= 0.3 is 0 Å². The molecule has 34 heavy (non-hydrogen) atoms. The Morgan fingerprint density at radius 1 is 1.18 bits per heavy atom. The van der Waals surface area contributed by atoms with Crippen LogP contribution in [0, 0.1) is 5.92 Å². The van der Waals surface area contributed by atoms with Crippen molar-refractivity contribution in [2.75, 3.05) is 19.8 Å². The van der Waals surface area contributed by atoms with Gasteiger partial charge in [0.25, 0.3) is 5.56 Å². The van der Waals surface area contributed by atoms with Crippen LogP contribution in [-0.4, -0.2) is 45.8 Å². The number of aromatic amines is 1. The third-order valence-corrected chi connectivity index (χ3v) is 6.42. The Kier molecular flexibility index (Phi) is 8.18. The number of hydrogen-bond donors (Lipinski definition) is 2. The molecule has 1 atom stereocenters. The van der Waals surface area contributed by atoms with E-state index < -0.39 is 6.10 Å². The monoisotopic (exact) mass is 501 g/mol. The number of H-pyrrole nitrogens is 1. The molecule has 0 spiro atoms. The summed E-state index contributed by atoms with van der Waals surface area (Å²) < 4.78 is 11.1. The summed E-state index contributed by atoms with van der Waals surface area (Å²) in [5.74, 6) is 1.68. The molecule has 1 aromatic carbocycles. The van der Waals surface area contributed by atoms with Crippen molar-refractivity contribution >= 4 is 33.2 Å². The summed E-state index contributed by atoms with van der Waals surface area (Å²) in [6.07, 6.45) is 0.932. The topological polar surface area (TPSA) is 91.6 Å². The van der Waals surface area contributed by atoms with Crippen LogP contribution in [0.3, 0.4) is 0 Å². The number of furan rings is 1. The van der Waals surface area contributed by atoms with Crippen LogP contribution in [-0.2, 0) is 17.8 Å². The fourth-order valence-electron chi connectivity index (χ4n) is 3.76. The quantitative estimate of drug-likeness (QED) is 0.302. The van der Waals surface area contributed by atoms with E-state index >= 15 is 0 Å². The van der Waals surface area contributed by atoms with Crippen molar-refractivity contribution < 1.29 is 14.3 Å². The molecule has 7 nitrogen and oxygen atoms in total. The van der Waals surface area contributed by atoms with E-state index in [1.807, 2.05) is 40.6 Å². The van der Waals surface area contributed by atoms with Gasteiger partial charge < -0.3 is 19.2 Å². The predicted molar refractivity (Wildman–Crippen MR) is 135 cm³/mol. The Morgan fingerprint density at radius 2 is 2.00 bits per heavy atom. The summed E-state index contributed by atoms with van der Waals surface area (Å²) in [6.45, 7) is 6.10. The van der Waals surface area contributed by atoms with Gasteiger partial charge in [0.2, 0.25) is 0 Å². The summed E-state index contributed by atoms with van der Waals surface area (Å²) in [7, 11) is 0. The van der Waals surface area contributed by atoms with Gasteiger partial charge in [-0.2, -0.15) is 0 Å². The van der Waals surface area contributed by atoms with Crippen LogP contribution in [0.15, 0.2) is 57.3 Å². The fraction of sp³-hybridized carbons (Fsp3) is 0.360. The molecule has 0 bridgehead atoms. The van der Waals surface area contributed by atoms with Gasteiger partial charge in [0.15, 0.2) is 0 Å². The molecule has 2 N–H and O–H groups in total. The van der Waals surface area contributed by atoms with Crippen LogP contribution in [0.25, 0.3) is 21.3 Å². The van der Waals surface area contributed by atoms with E-state index in [-0.39, 0.29) is 12.2 Å². The number of aromatic nitrogens is 2. The minimum Gasteiger partial charge on any atom is -0.468 e. The zero-order chi connectivity index (χ0) is 24.1. The third kappa shape index (κ3) is 6.14. The molecular formula is C25H28ClN3O4S. The second-order valence-corrected chi connectivity index (χ2v) is 9.92. The zero-order valence-electron chi connectivity index (χ0n) is 19.2. The molecule has 9 heteroatoms. The van der Waals surface area contributed by atoms with Gasteiger partial charge in [-0.15, -0.1) is 11.3 Å². The lowest BCUT2D eigenvalue weighted by Crippen LogP contribution is -2.35. The normalized spacial score (nSPS) is 12.8. The molecule has 0 fully saturated rings. The predicted octanol–water partition coefficient (Wildman–Crippen LogP) is 4.93. The van der Waals surface area contributed by atoms with Crippen LogP contribution in [0.5, 0.6) is 0 Å². The first-order valence-electron chi connectivity index (χ1n) is 11.2. The molecule has 0 aliphatic heterocycles. The Balaban J connectivity index is 1.55. The average Bonchev–Trinajstić information content (AvgIpc) is 3.44. The summed E-state index contributed by atoms with van der Waals surface area (Å²) in [4.78, 5) is 23.3. The van der Waals surface area contributed by atoms with E-state index in [4.69, 9.17) is 25.7 Å². The second kappa shape index (κ2) is 11.3.